The molecule has 0 saturated carbocycles. The second-order valence-corrected chi connectivity index (χ2v) is 10.9. The molecule has 0 amide bonds. The molecule has 0 atom stereocenters. The Morgan fingerprint density at radius 3 is 2.31 bits per heavy atom. The Morgan fingerprint density at radius 1 is 1.19 bits per heavy atom. The molecule has 9 nitrogen and oxygen atoms in total. The van der Waals surface area contributed by atoms with Gasteiger partial charge in [0.2, 0.25) is 0 Å². The zero-order chi connectivity index (χ0) is 27.4. The highest BCUT2D eigenvalue weighted by atomic mass is 79.9. The van der Waals surface area contributed by atoms with Crippen LogP contribution in [0.3, 0.4) is 0 Å². The van der Waals surface area contributed by atoms with Crippen LogP contribution >= 0.6 is 28.6 Å². The van der Waals surface area contributed by atoms with Crippen molar-refractivity contribution >= 4 is 38.7 Å². The predicted molar refractivity (Wildman–Crippen MR) is 143 cm³/mol. The molecular formula is C24H28BrN5O4S2. The van der Waals surface area contributed by atoms with Crippen LogP contribution in [0.5, 0.6) is 5.75 Å². The minimum Gasteiger partial charge on any atom is -0.392 e. The summed E-state index contributed by atoms with van der Waals surface area (Å²) in [5, 5.41) is 30.2. The van der Waals surface area contributed by atoms with E-state index in [9.17, 15) is 18.8 Å². The molecule has 0 fully saturated rings. The van der Waals surface area contributed by atoms with Crippen molar-refractivity contribution < 1.29 is 17.7 Å². The van der Waals surface area contributed by atoms with E-state index >= 15 is 0 Å². The van der Waals surface area contributed by atoms with Gasteiger partial charge in [-0.15, -0.1) is 12.6 Å². The van der Waals surface area contributed by atoms with Crippen LogP contribution in [0, 0.1) is 22.7 Å². The topological polar surface area (TPSA) is 142 Å². The first-order chi connectivity index (χ1) is 16.8. The SMILES string of the molecule is CC(C)(C#N)c1cc(CO)cc(Cn2cncn2)c1.CCC#N.CS(=O)(=O)Oc1ccc(S)cc1Br. The van der Waals surface area contributed by atoms with Gasteiger partial charge >= 0.3 is 10.1 Å². The Labute approximate surface area is 226 Å². The third-order valence-electron chi connectivity index (χ3n) is 4.36. The first-order valence-electron chi connectivity index (χ1n) is 10.6. The Bertz CT molecular complexity index is 1320. The van der Waals surface area contributed by atoms with Crippen molar-refractivity contribution in [2.45, 2.75) is 50.7 Å². The summed E-state index contributed by atoms with van der Waals surface area (Å²) >= 11 is 7.24. The fourth-order valence-corrected chi connectivity index (χ4v) is 4.01. The quantitative estimate of drug-likeness (QED) is 0.311. The molecule has 0 aliphatic heterocycles. The van der Waals surface area contributed by atoms with E-state index in [0.717, 1.165) is 27.8 Å². The molecule has 36 heavy (non-hydrogen) atoms. The van der Waals surface area contributed by atoms with Crippen molar-refractivity contribution in [1.29, 1.82) is 10.5 Å². The number of hydrogen-bond donors (Lipinski definition) is 2. The number of aliphatic hydroxyl groups excluding tert-OH is 1. The lowest BCUT2D eigenvalue weighted by atomic mass is 9.84. The Hall–Kier alpha value is -2.90. The molecule has 0 spiro atoms. The van der Waals surface area contributed by atoms with Gasteiger partial charge in [0.05, 0.1) is 41.4 Å². The van der Waals surface area contributed by atoms with Gasteiger partial charge < -0.3 is 9.29 Å². The standard InChI is InChI=1S/C14H16N4O.C7H7BrO3S2.C3H5N/c1-14(2,8-15)13-4-11(3-12(5-13)7-19)6-18-10-16-9-17-18;1-13(9,10)11-7-3-2-5(12)4-6(7)8;1-2-3-4/h3-5,9-10,19H,6-7H2,1-2H3;2-4,12H,1H3;2H2,1H3. The summed E-state index contributed by atoms with van der Waals surface area (Å²) in [4.78, 5) is 4.63. The van der Waals surface area contributed by atoms with E-state index < -0.39 is 15.5 Å². The molecule has 2 aromatic carbocycles. The number of benzene rings is 2. The summed E-state index contributed by atoms with van der Waals surface area (Å²) in [7, 11) is -3.47. The lowest BCUT2D eigenvalue weighted by Gasteiger charge is -2.18. The highest BCUT2D eigenvalue weighted by Crippen LogP contribution is 2.28. The molecule has 1 aromatic heterocycles. The molecule has 0 bridgehead atoms. The molecule has 0 unspecified atom stereocenters. The van der Waals surface area contributed by atoms with Crippen LogP contribution in [-0.4, -0.2) is 34.5 Å². The summed E-state index contributed by atoms with van der Waals surface area (Å²) in [6.07, 6.45) is 4.74. The fraction of sp³-hybridized carbons (Fsp3) is 0.333. The summed E-state index contributed by atoms with van der Waals surface area (Å²) in [5.41, 5.74) is 2.12. The second kappa shape index (κ2) is 14.6. The molecule has 1 N–H and O–H groups in total. The highest BCUT2D eigenvalue weighted by Gasteiger charge is 2.20. The number of halogens is 1. The van der Waals surface area contributed by atoms with Crippen LogP contribution in [0.25, 0.3) is 0 Å². The van der Waals surface area contributed by atoms with E-state index in [1.165, 1.54) is 12.4 Å². The van der Waals surface area contributed by atoms with Gasteiger partial charge in [-0.25, -0.2) is 9.67 Å². The van der Waals surface area contributed by atoms with Crippen molar-refractivity contribution in [2.75, 3.05) is 6.26 Å². The van der Waals surface area contributed by atoms with Crippen molar-refractivity contribution in [1.82, 2.24) is 14.8 Å². The van der Waals surface area contributed by atoms with Gasteiger partial charge in [-0.05, 0) is 64.7 Å². The largest absolute Gasteiger partial charge is 0.392 e. The highest BCUT2D eigenvalue weighted by molar-refractivity contribution is 9.10. The van der Waals surface area contributed by atoms with Gasteiger partial charge in [-0.3, -0.25) is 0 Å². The number of hydrogen-bond acceptors (Lipinski definition) is 9. The van der Waals surface area contributed by atoms with E-state index in [-0.39, 0.29) is 12.4 Å². The first kappa shape index (κ1) is 31.1. The van der Waals surface area contributed by atoms with E-state index in [4.69, 9.17) is 5.26 Å². The lowest BCUT2D eigenvalue weighted by Crippen LogP contribution is -2.15. The molecule has 0 aliphatic carbocycles. The van der Waals surface area contributed by atoms with E-state index in [1.54, 1.807) is 23.1 Å². The smallest absolute Gasteiger partial charge is 0.306 e. The van der Waals surface area contributed by atoms with Crippen molar-refractivity contribution in [2.24, 2.45) is 0 Å². The van der Waals surface area contributed by atoms with Crippen LogP contribution in [-0.2, 0) is 28.7 Å². The maximum Gasteiger partial charge on any atom is 0.306 e. The molecular weight excluding hydrogens is 566 g/mol. The van der Waals surface area contributed by atoms with Gasteiger partial charge in [0.25, 0.3) is 0 Å². The number of thiol groups is 1. The van der Waals surface area contributed by atoms with Gasteiger partial charge in [-0.2, -0.15) is 24.0 Å². The summed E-state index contributed by atoms with van der Waals surface area (Å²) in [6, 6.07) is 14.8. The van der Waals surface area contributed by atoms with Crippen LogP contribution in [0.1, 0.15) is 43.9 Å². The third-order valence-corrected chi connectivity index (χ3v) is 5.74. The molecule has 0 aliphatic rings. The maximum absolute atomic E-state index is 10.8. The number of nitriles is 2. The third kappa shape index (κ3) is 11.2. The molecule has 192 valence electrons. The molecule has 0 saturated heterocycles. The number of nitrogens with zero attached hydrogens (tertiary/aromatic N) is 5. The summed E-state index contributed by atoms with van der Waals surface area (Å²) < 4.78 is 28.5. The van der Waals surface area contributed by atoms with Crippen molar-refractivity contribution in [3.63, 3.8) is 0 Å². The van der Waals surface area contributed by atoms with Crippen molar-refractivity contribution in [3.8, 4) is 17.9 Å². The molecule has 0 radical (unpaired) electrons. The fourth-order valence-electron chi connectivity index (χ4n) is 2.59. The Morgan fingerprint density at radius 2 is 1.83 bits per heavy atom. The first-order valence-corrected chi connectivity index (χ1v) is 13.6. The monoisotopic (exact) mass is 593 g/mol. The number of rotatable bonds is 6. The lowest BCUT2D eigenvalue weighted by molar-refractivity contribution is 0.281. The normalized spacial score (nSPS) is 10.6. The van der Waals surface area contributed by atoms with Gasteiger partial charge in [0.1, 0.15) is 12.7 Å². The van der Waals surface area contributed by atoms with Crippen LogP contribution in [0.4, 0.5) is 0 Å². The minimum atomic E-state index is -3.47. The van der Waals surface area contributed by atoms with Gasteiger partial charge in [0.15, 0.2) is 5.75 Å². The van der Waals surface area contributed by atoms with Gasteiger partial charge in [0, 0.05) is 11.3 Å². The summed E-state index contributed by atoms with van der Waals surface area (Å²) in [5.74, 6) is 0.264. The average Bonchev–Trinajstić information content (AvgIpc) is 3.33. The molecule has 1 heterocycles. The average molecular weight is 595 g/mol. The zero-order valence-corrected chi connectivity index (χ0v) is 23.7. The van der Waals surface area contributed by atoms with Crippen LogP contribution in [0.15, 0.2) is 58.4 Å². The second-order valence-electron chi connectivity index (χ2n) is 7.94. The maximum atomic E-state index is 10.8. The molecule has 12 heteroatoms. The van der Waals surface area contributed by atoms with E-state index in [1.807, 2.05) is 45.0 Å². The predicted octanol–water partition coefficient (Wildman–Crippen LogP) is 4.62. The Kier molecular flexibility index (Phi) is 12.6. The number of aromatic nitrogens is 3. The van der Waals surface area contributed by atoms with Crippen molar-refractivity contribution in [3.05, 3.63) is 70.2 Å². The van der Waals surface area contributed by atoms with E-state index in [2.05, 4.69) is 48.9 Å². The van der Waals surface area contributed by atoms with E-state index in [0.29, 0.717) is 17.4 Å². The van der Waals surface area contributed by atoms with Crippen LogP contribution in [0.2, 0.25) is 0 Å². The number of aliphatic hydroxyl groups is 1. The minimum absolute atomic E-state index is 0.0420. The Balaban J connectivity index is 0.000000330. The zero-order valence-electron chi connectivity index (χ0n) is 20.4. The summed E-state index contributed by atoms with van der Waals surface area (Å²) in [6.45, 7) is 6.08. The van der Waals surface area contributed by atoms with Crippen LogP contribution < -0.4 is 4.18 Å². The van der Waals surface area contributed by atoms with Gasteiger partial charge in [-0.1, -0.05) is 25.1 Å². The molecule has 3 rings (SSSR count). The molecule has 3 aromatic rings.